The third kappa shape index (κ3) is 90.5. The first-order valence-corrected chi connectivity index (χ1v) is 40.9. The van der Waals surface area contributed by atoms with Crippen LogP contribution in [0.5, 0.6) is 0 Å². The van der Waals surface area contributed by atoms with Crippen molar-refractivity contribution in [2.45, 2.75) is 446 Å². The number of unbranched alkanes of at least 4 members (excludes halogenated alkanes) is 60. The highest BCUT2D eigenvalue weighted by atomic mass is 35.5. The average Bonchev–Trinajstić information content (AvgIpc) is 3.57. The Morgan fingerprint density at radius 1 is 0.221 bits per heavy atom. The molecule has 524 valence electrons. The minimum atomic E-state index is -4.42. The summed E-state index contributed by atoms with van der Waals surface area (Å²) < 4.78 is 34.5. The van der Waals surface area contributed by atoms with Gasteiger partial charge in [-0.1, -0.05) is 387 Å². The van der Waals surface area contributed by atoms with Gasteiger partial charge in [-0.25, -0.2) is 8.42 Å². The fourth-order valence-corrected chi connectivity index (χ4v) is 13.0. The Kier molecular flexibility index (Phi) is 83.4. The predicted octanol–water partition coefficient (Wildman–Crippen LogP) is 23.7. The molecular weight excluding hydrogens is 1100 g/mol. The van der Waals surface area contributed by atoms with Crippen molar-refractivity contribution >= 4 is 10.4 Å². The van der Waals surface area contributed by atoms with Gasteiger partial charge in [0.1, 0.15) is 0 Å². The van der Waals surface area contributed by atoms with Crippen molar-refractivity contribution < 1.29 is 38.5 Å². The van der Waals surface area contributed by atoms with Gasteiger partial charge < -0.3 is 25.9 Å². The molecule has 0 unspecified atom stereocenters. The van der Waals surface area contributed by atoms with Crippen LogP contribution in [0.3, 0.4) is 0 Å². The summed E-state index contributed by atoms with van der Waals surface area (Å²) >= 11 is 0. The molecule has 0 aliphatic heterocycles. The number of hydrogen-bond donors (Lipinski definition) is 0. The number of halogens is 1. The minimum Gasteiger partial charge on any atom is -1.00 e. The van der Waals surface area contributed by atoms with E-state index in [1.165, 1.54) is 453 Å². The molecule has 0 spiro atoms. The maximum atomic E-state index is 9.45. The molecule has 0 saturated carbocycles. The first-order chi connectivity index (χ1) is 41.3. The van der Waals surface area contributed by atoms with Crippen LogP contribution in [0.1, 0.15) is 446 Å². The van der Waals surface area contributed by atoms with Crippen LogP contribution < -0.4 is 12.4 Å². The van der Waals surface area contributed by atoms with Gasteiger partial charge in [-0.2, -0.15) is 0 Å². The average molecular weight is 1260 g/mol. The van der Waals surface area contributed by atoms with E-state index in [0.717, 1.165) is 0 Å². The van der Waals surface area contributed by atoms with Gasteiger partial charge in [0.05, 0.1) is 61.0 Å². The Morgan fingerprint density at radius 3 is 0.407 bits per heavy atom. The Hall–Kier alpha value is 0.0800. The molecule has 0 heterocycles. The molecule has 8 heteroatoms. The van der Waals surface area contributed by atoms with Gasteiger partial charge >= 0.3 is 0 Å². The Bertz CT molecular complexity index is 1140. The van der Waals surface area contributed by atoms with Gasteiger partial charge in [0.25, 0.3) is 0 Å². The molecule has 86 heavy (non-hydrogen) atoms. The van der Waals surface area contributed by atoms with E-state index in [2.05, 4.69) is 60.1 Å². The standard InChI is InChI=1S/2C38H80N.C2H6O4S.ClH/c2*1-5-7-9-11-13-15-17-19-21-23-25-27-29-31-33-35-37-39(3,4)38-36-34-32-30-28-26-24-22-20-18-16-14-12-10-8-6-2;1-2-6-7(3,4)5;/h2*5-38H2,1-4H3;2H2,1H3,(H,3,4,5);1H/q2*+1;;/p-2. The zero-order chi connectivity index (χ0) is 63.0. The summed E-state index contributed by atoms with van der Waals surface area (Å²) in [6.07, 6.45) is 93.9. The molecule has 0 bridgehead atoms. The van der Waals surface area contributed by atoms with E-state index < -0.39 is 10.4 Å². The number of nitrogens with zero attached hydrogens (tertiary/aromatic N) is 2. The summed E-state index contributed by atoms with van der Waals surface area (Å²) in [6, 6.07) is 0. The van der Waals surface area contributed by atoms with Crippen LogP contribution in [0.25, 0.3) is 0 Å². The van der Waals surface area contributed by atoms with Crippen molar-refractivity contribution in [2.75, 3.05) is 61.0 Å². The maximum Gasteiger partial charge on any atom is 0.217 e. The smallest absolute Gasteiger partial charge is 0.217 e. The summed E-state index contributed by atoms with van der Waals surface area (Å²) in [6.45, 7) is 16.1. The third-order valence-electron chi connectivity index (χ3n) is 18.7. The molecule has 0 amide bonds. The van der Waals surface area contributed by atoms with Gasteiger partial charge in [-0.3, -0.25) is 4.18 Å². The predicted molar refractivity (Wildman–Crippen MR) is 383 cm³/mol. The quantitative estimate of drug-likeness (QED) is 0.0263. The van der Waals surface area contributed by atoms with Crippen LogP contribution in [0, 0.1) is 0 Å². The molecule has 0 aromatic rings. The van der Waals surface area contributed by atoms with E-state index in [4.69, 9.17) is 0 Å². The molecule has 6 nitrogen and oxygen atoms in total. The normalized spacial score (nSPS) is 11.8. The molecule has 0 aromatic carbocycles. The fourth-order valence-electron chi connectivity index (χ4n) is 12.7. The second-order valence-corrected chi connectivity index (χ2v) is 29.8. The van der Waals surface area contributed by atoms with Gasteiger partial charge in [0, 0.05) is 0 Å². The fraction of sp³-hybridized carbons (Fsp3) is 1.00. The lowest BCUT2D eigenvalue weighted by molar-refractivity contribution is -0.890. The summed E-state index contributed by atoms with van der Waals surface area (Å²) in [5, 5.41) is 0. The summed E-state index contributed by atoms with van der Waals surface area (Å²) in [4.78, 5) is 0. The molecule has 0 radical (unpaired) electrons. The van der Waals surface area contributed by atoms with E-state index in [9.17, 15) is 13.0 Å². The van der Waals surface area contributed by atoms with E-state index in [1.54, 1.807) is 0 Å². The molecule has 0 rings (SSSR count). The van der Waals surface area contributed by atoms with Crippen LogP contribution in [0.4, 0.5) is 0 Å². The van der Waals surface area contributed by atoms with Crippen molar-refractivity contribution in [3.8, 4) is 0 Å². The lowest BCUT2D eigenvalue weighted by atomic mass is 10.0. The Morgan fingerprint density at radius 2 is 0.326 bits per heavy atom. The largest absolute Gasteiger partial charge is 1.00 e. The van der Waals surface area contributed by atoms with Crippen molar-refractivity contribution in [2.24, 2.45) is 0 Å². The lowest BCUT2D eigenvalue weighted by Crippen LogP contribution is -3.00. The van der Waals surface area contributed by atoms with E-state index in [-0.39, 0.29) is 19.0 Å². The van der Waals surface area contributed by atoms with Crippen molar-refractivity contribution in [3.63, 3.8) is 0 Å². The zero-order valence-corrected chi connectivity index (χ0v) is 62.7. The van der Waals surface area contributed by atoms with Gasteiger partial charge in [-0.05, 0) is 58.3 Å². The van der Waals surface area contributed by atoms with Gasteiger partial charge in [-0.15, -0.1) is 0 Å². The maximum absolute atomic E-state index is 9.45. The van der Waals surface area contributed by atoms with Crippen LogP contribution in [-0.2, 0) is 14.6 Å². The minimum absolute atomic E-state index is 0. The number of rotatable bonds is 70. The molecule has 0 N–H and O–H groups in total. The SMILES string of the molecule is CCCCCCCCCCCCCCCCCC[N+](C)(C)CCCCCCCCCCCCCCCCCC.CCCCCCCCCCCCCCCCCC[N+](C)(C)CCCCCCCCCCCCCCCCCC.CCOS(=O)(=O)[O-].[Cl-]. The van der Waals surface area contributed by atoms with Crippen LogP contribution in [0.15, 0.2) is 0 Å². The summed E-state index contributed by atoms with van der Waals surface area (Å²) in [5.74, 6) is 0. The summed E-state index contributed by atoms with van der Waals surface area (Å²) in [5.41, 5.74) is 0. The molecule has 0 fully saturated rings. The van der Waals surface area contributed by atoms with E-state index in [1.807, 2.05) is 0 Å². The molecule has 0 aliphatic rings. The lowest BCUT2D eigenvalue weighted by Gasteiger charge is -2.30. The first-order valence-electron chi connectivity index (χ1n) is 39.5. The van der Waals surface area contributed by atoms with Crippen molar-refractivity contribution in [1.29, 1.82) is 0 Å². The second kappa shape index (κ2) is 77.5. The van der Waals surface area contributed by atoms with E-state index >= 15 is 0 Å². The molecular formula is C78H165ClN2O4S. The topological polar surface area (TPSA) is 66.4 Å². The van der Waals surface area contributed by atoms with Gasteiger partial charge in [0.15, 0.2) is 0 Å². The van der Waals surface area contributed by atoms with Crippen molar-refractivity contribution in [1.82, 2.24) is 0 Å². The zero-order valence-electron chi connectivity index (χ0n) is 61.1. The molecule has 0 aromatic heterocycles. The highest BCUT2D eigenvalue weighted by Gasteiger charge is 2.15. The Balaban J connectivity index is -0.000000694. The summed E-state index contributed by atoms with van der Waals surface area (Å²) in [7, 11) is 5.45. The van der Waals surface area contributed by atoms with E-state index in [0.29, 0.717) is 0 Å². The Labute approximate surface area is 552 Å². The van der Waals surface area contributed by atoms with Crippen LogP contribution >= 0.6 is 0 Å². The highest BCUT2D eigenvalue weighted by molar-refractivity contribution is 7.80. The number of quaternary nitrogens is 2. The van der Waals surface area contributed by atoms with Gasteiger partial charge in [0.2, 0.25) is 10.4 Å². The monoisotopic (exact) mass is 1260 g/mol. The third-order valence-corrected chi connectivity index (χ3v) is 19.3. The first kappa shape index (κ1) is 92.5. The molecule has 0 aliphatic carbocycles. The molecule has 0 saturated heterocycles. The number of hydrogen-bond acceptors (Lipinski definition) is 4. The molecule has 0 atom stereocenters. The van der Waals surface area contributed by atoms with Crippen LogP contribution in [-0.4, -0.2) is 82.9 Å². The second-order valence-electron chi connectivity index (χ2n) is 28.8. The highest BCUT2D eigenvalue weighted by Crippen LogP contribution is 2.20. The van der Waals surface area contributed by atoms with Crippen molar-refractivity contribution in [3.05, 3.63) is 0 Å². The van der Waals surface area contributed by atoms with Crippen LogP contribution in [0.2, 0.25) is 0 Å².